The molecule has 3 heterocycles. The number of carbonyl (C=O) groups excluding carboxylic acids is 3. The molecular weight excluding hydrogens is 379 g/mol. The van der Waals surface area contributed by atoms with Gasteiger partial charge in [0.1, 0.15) is 11.4 Å². The molecule has 3 aliphatic heterocycles. The number of nitrogens with one attached hydrogen (secondary N) is 1. The van der Waals surface area contributed by atoms with Crippen molar-refractivity contribution in [3.63, 3.8) is 0 Å². The van der Waals surface area contributed by atoms with E-state index in [0.29, 0.717) is 64.3 Å². The molecule has 3 aliphatic rings. The quantitative estimate of drug-likeness (QED) is 0.742. The van der Waals surface area contributed by atoms with Gasteiger partial charge in [0.05, 0.1) is 26.3 Å². The zero-order chi connectivity index (χ0) is 20.4. The molecule has 1 aromatic rings. The Morgan fingerprint density at radius 1 is 1.07 bits per heavy atom. The molecule has 0 bridgehead atoms. The number of rotatable bonds is 4. The van der Waals surface area contributed by atoms with Crippen LogP contribution in [0, 0.1) is 5.82 Å². The number of nitrogens with zero attached hydrogens (tertiary/aromatic N) is 3. The van der Waals surface area contributed by atoms with Crippen LogP contribution in [0.4, 0.5) is 9.18 Å². The minimum atomic E-state index is -0.907. The molecular formula is C20H25FN4O4. The molecule has 156 valence electrons. The Balaban J connectivity index is 1.34. The summed E-state index contributed by atoms with van der Waals surface area (Å²) in [6, 6.07) is 5.35. The average Bonchev–Trinajstić information content (AvgIpc) is 2.96. The number of piperidine rings is 1. The van der Waals surface area contributed by atoms with Gasteiger partial charge in [-0.15, -0.1) is 0 Å². The summed E-state index contributed by atoms with van der Waals surface area (Å²) in [5.74, 6) is -0.531. The van der Waals surface area contributed by atoms with Gasteiger partial charge in [0, 0.05) is 26.2 Å². The largest absolute Gasteiger partial charge is 0.378 e. The number of imide groups is 1. The minimum absolute atomic E-state index is 0.0731. The summed E-state index contributed by atoms with van der Waals surface area (Å²) in [5.41, 5.74) is -0.212. The summed E-state index contributed by atoms with van der Waals surface area (Å²) in [4.78, 5) is 42.9. The van der Waals surface area contributed by atoms with Crippen LogP contribution in [0.25, 0.3) is 0 Å². The van der Waals surface area contributed by atoms with Gasteiger partial charge < -0.3 is 15.0 Å². The minimum Gasteiger partial charge on any atom is -0.378 e. The second-order valence-corrected chi connectivity index (χ2v) is 7.80. The third-order valence-corrected chi connectivity index (χ3v) is 5.93. The van der Waals surface area contributed by atoms with Crippen molar-refractivity contribution in [1.82, 2.24) is 20.0 Å². The predicted molar refractivity (Wildman–Crippen MR) is 101 cm³/mol. The molecule has 4 amide bonds. The van der Waals surface area contributed by atoms with Gasteiger partial charge in [-0.3, -0.25) is 19.4 Å². The molecule has 0 atom stereocenters. The first-order chi connectivity index (χ1) is 14.0. The van der Waals surface area contributed by atoms with Crippen LogP contribution in [0.5, 0.6) is 0 Å². The van der Waals surface area contributed by atoms with Gasteiger partial charge >= 0.3 is 6.03 Å². The maximum absolute atomic E-state index is 13.1. The van der Waals surface area contributed by atoms with Crippen molar-refractivity contribution in [2.24, 2.45) is 0 Å². The van der Waals surface area contributed by atoms with E-state index in [1.807, 2.05) is 4.90 Å². The standard InChI is InChI=1S/C20H25FN4O4/c21-16-3-1-15(2-4-16)13-25-18(27)20(22-19(25)28)5-7-23(8-6-20)14-17(26)24-9-11-29-12-10-24/h1-4H,5-14H2,(H,22,28). The summed E-state index contributed by atoms with van der Waals surface area (Å²) in [5, 5.41) is 2.86. The second kappa shape index (κ2) is 8.08. The maximum Gasteiger partial charge on any atom is 0.325 e. The van der Waals surface area contributed by atoms with Crippen LogP contribution in [-0.2, 0) is 20.9 Å². The fraction of sp³-hybridized carbons (Fsp3) is 0.550. The van der Waals surface area contributed by atoms with Crippen molar-refractivity contribution in [3.8, 4) is 0 Å². The molecule has 3 fully saturated rings. The van der Waals surface area contributed by atoms with Crippen molar-refractivity contribution in [1.29, 1.82) is 0 Å². The number of morpholine rings is 1. The van der Waals surface area contributed by atoms with Crippen molar-refractivity contribution in [3.05, 3.63) is 35.6 Å². The van der Waals surface area contributed by atoms with Gasteiger partial charge in [-0.25, -0.2) is 9.18 Å². The lowest BCUT2D eigenvalue weighted by Crippen LogP contribution is -2.56. The molecule has 1 N–H and O–H groups in total. The molecule has 29 heavy (non-hydrogen) atoms. The second-order valence-electron chi connectivity index (χ2n) is 7.80. The van der Waals surface area contributed by atoms with Crippen LogP contribution in [0.1, 0.15) is 18.4 Å². The molecule has 1 aromatic carbocycles. The van der Waals surface area contributed by atoms with Crippen LogP contribution in [0.15, 0.2) is 24.3 Å². The number of halogens is 1. The van der Waals surface area contributed by atoms with E-state index >= 15 is 0 Å². The summed E-state index contributed by atoms with van der Waals surface area (Å²) in [6.45, 7) is 3.92. The van der Waals surface area contributed by atoms with Crippen molar-refractivity contribution in [2.75, 3.05) is 45.9 Å². The summed E-state index contributed by atoms with van der Waals surface area (Å²) >= 11 is 0. The molecule has 9 heteroatoms. The number of urea groups is 1. The zero-order valence-corrected chi connectivity index (χ0v) is 16.2. The third kappa shape index (κ3) is 4.11. The number of hydrogen-bond acceptors (Lipinski definition) is 5. The first kappa shape index (κ1) is 19.8. The Labute approximate surface area is 168 Å². The monoisotopic (exact) mass is 404 g/mol. The first-order valence-corrected chi connectivity index (χ1v) is 9.93. The smallest absolute Gasteiger partial charge is 0.325 e. The van der Waals surface area contributed by atoms with Crippen LogP contribution < -0.4 is 5.32 Å². The molecule has 0 saturated carbocycles. The third-order valence-electron chi connectivity index (χ3n) is 5.93. The average molecular weight is 404 g/mol. The topological polar surface area (TPSA) is 82.2 Å². The number of ether oxygens (including phenoxy) is 1. The number of benzene rings is 1. The SMILES string of the molecule is O=C(CN1CCC2(CC1)NC(=O)N(Cc1ccc(F)cc1)C2=O)N1CCOCC1. The van der Waals surface area contributed by atoms with Crippen molar-refractivity contribution < 1.29 is 23.5 Å². The Morgan fingerprint density at radius 2 is 1.72 bits per heavy atom. The lowest BCUT2D eigenvalue weighted by molar-refractivity contribution is -0.137. The van der Waals surface area contributed by atoms with Gasteiger partial charge in [0.2, 0.25) is 5.91 Å². The van der Waals surface area contributed by atoms with Gasteiger partial charge in [-0.05, 0) is 30.5 Å². The predicted octanol–water partition coefficient (Wildman–Crippen LogP) is 0.571. The number of carbonyl (C=O) groups is 3. The van der Waals surface area contributed by atoms with E-state index in [4.69, 9.17) is 4.74 Å². The first-order valence-electron chi connectivity index (χ1n) is 9.93. The highest BCUT2D eigenvalue weighted by Crippen LogP contribution is 2.30. The van der Waals surface area contributed by atoms with Crippen molar-refractivity contribution in [2.45, 2.75) is 24.9 Å². The van der Waals surface area contributed by atoms with Crippen LogP contribution in [0.2, 0.25) is 0 Å². The van der Waals surface area contributed by atoms with Crippen molar-refractivity contribution >= 4 is 17.8 Å². The Morgan fingerprint density at radius 3 is 2.38 bits per heavy atom. The summed E-state index contributed by atoms with van der Waals surface area (Å²) in [7, 11) is 0. The van der Waals surface area contributed by atoms with E-state index in [2.05, 4.69) is 5.32 Å². The zero-order valence-electron chi connectivity index (χ0n) is 16.2. The maximum atomic E-state index is 13.1. The van der Waals surface area contributed by atoms with E-state index in [1.165, 1.54) is 17.0 Å². The lowest BCUT2D eigenvalue weighted by atomic mass is 9.87. The molecule has 0 aromatic heterocycles. The Bertz CT molecular complexity index is 786. The van der Waals surface area contributed by atoms with Gasteiger partial charge in [0.25, 0.3) is 5.91 Å². The fourth-order valence-corrected chi connectivity index (χ4v) is 4.13. The molecule has 1 spiro atoms. The Kier molecular flexibility index (Phi) is 5.51. The van der Waals surface area contributed by atoms with Crippen LogP contribution in [0.3, 0.4) is 0 Å². The van der Waals surface area contributed by atoms with Crippen LogP contribution in [-0.4, -0.2) is 84.0 Å². The fourth-order valence-electron chi connectivity index (χ4n) is 4.13. The highest BCUT2D eigenvalue weighted by atomic mass is 19.1. The summed E-state index contributed by atoms with van der Waals surface area (Å²) in [6.07, 6.45) is 0.932. The van der Waals surface area contributed by atoms with E-state index in [9.17, 15) is 18.8 Å². The lowest BCUT2D eigenvalue weighted by Gasteiger charge is -2.38. The number of hydrogen-bond donors (Lipinski definition) is 1. The highest BCUT2D eigenvalue weighted by molar-refractivity contribution is 6.07. The van der Waals surface area contributed by atoms with Crippen LogP contribution >= 0.6 is 0 Å². The van der Waals surface area contributed by atoms with E-state index in [0.717, 1.165) is 0 Å². The number of amides is 4. The van der Waals surface area contributed by atoms with E-state index in [1.54, 1.807) is 17.0 Å². The Hall–Kier alpha value is -2.52. The van der Waals surface area contributed by atoms with Gasteiger partial charge in [-0.2, -0.15) is 0 Å². The van der Waals surface area contributed by atoms with E-state index < -0.39 is 11.6 Å². The molecule has 0 unspecified atom stereocenters. The molecule has 8 nitrogen and oxygen atoms in total. The highest BCUT2D eigenvalue weighted by Gasteiger charge is 2.52. The molecule has 0 radical (unpaired) electrons. The molecule has 0 aliphatic carbocycles. The summed E-state index contributed by atoms with van der Waals surface area (Å²) < 4.78 is 18.4. The normalized spacial score (nSPS) is 22.2. The van der Waals surface area contributed by atoms with E-state index in [-0.39, 0.29) is 24.2 Å². The van der Waals surface area contributed by atoms with Gasteiger partial charge in [0.15, 0.2) is 0 Å². The van der Waals surface area contributed by atoms with Gasteiger partial charge in [-0.1, -0.05) is 12.1 Å². The molecule has 4 rings (SSSR count). The number of likely N-dealkylation sites (tertiary alicyclic amines) is 1. The molecule has 3 saturated heterocycles.